The lowest BCUT2D eigenvalue weighted by Crippen LogP contribution is -2.32. The number of ether oxygens (including phenoxy) is 3. The van der Waals surface area contributed by atoms with Crippen molar-refractivity contribution < 1.29 is 23.8 Å². The number of hydrogen-bond donors (Lipinski definition) is 2. The van der Waals surface area contributed by atoms with Gasteiger partial charge in [0.2, 0.25) is 0 Å². The van der Waals surface area contributed by atoms with Crippen LogP contribution in [0.15, 0.2) is 65.8 Å². The van der Waals surface area contributed by atoms with E-state index in [1.807, 2.05) is 19.1 Å². The number of rotatable bonds is 10. The largest absolute Gasteiger partial charge is 0.494 e. The van der Waals surface area contributed by atoms with Crippen LogP contribution in [0.4, 0.5) is 5.69 Å². The van der Waals surface area contributed by atoms with E-state index >= 15 is 0 Å². The summed E-state index contributed by atoms with van der Waals surface area (Å²) < 4.78 is 16.7. The fraction of sp³-hybridized carbons (Fsp3) is 0.192. The molecule has 0 aliphatic carbocycles. The lowest BCUT2D eigenvalue weighted by Gasteiger charge is -2.13. The van der Waals surface area contributed by atoms with Crippen LogP contribution in [0.2, 0.25) is 10.0 Å². The number of carbonyl (C=O) groups is 2. The summed E-state index contributed by atoms with van der Waals surface area (Å²) in [6.07, 6.45) is 2.23. The average molecular weight is 530 g/mol. The molecule has 3 aromatic carbocycles. The maximum absolute atomic E-state index is 12.1. The van der Waals surface area contributed by atoms with Crippen molar-refractivity contribution in [3.63, 3.8) is 0 Å². The summed E-state index contributed by atoms with van der Waals surface area (Å²) in [5, 5.41) is 7.25. The van der Waals surface area contributed by atoms with Gasteiger partial charge in [-0.05, 0) is 66.1 Å². The molecule has 0 saturated carbocycles. The Bertz CT molecular complexity index is 1220. The van der Waals surface area contributed by atoms with Crippen LogP contribution in [-0.4, -0.2) is 31.7 Å². The molecule has 0 fully saturated rings. The van der Waals surface area contributed by atoms with Crippen molar-refractivity contribution >= 4 is 46.9 Å². The highest BCUT2D eigenvalue weighted by Gasteiger charge is 2.14. The Morgan fingerprint density at radius 3 is 2.36 bits per heavy atom. The molecular weight excluding hydrogens is 505 g/mol. The van der Waals surface area contributed by atoms with Crippen LogP contribution < -0.4 is 25.0 Å². The molecule has 0 atom stereocenters. The van der Waals surface area contributed by atoms with E-state index in [0.717, 1.165) is 12.0 Å². The summed E-state index contributed by atoms with van der Waals surface area (Å²) in [4.78, 5) is 24.2. The van der Waals surface area contributed by atoms with Crippen molar-refractivity contribution in [2.24, 2.45) is 5.10 Å². The van der Waals surface area contributed by atoms with Crippen LogP contribution in [0.5, 0.6) is 17.2 Å². The molecule has 0 radical (unpaired) electrons. The van der Waals surface area contributed by atoms with Gasteiger partial charge in [0.15, 0.2) is 11.5 Å². The molecule has 10 heteroatoms. The van der Waals surface area contributed by atoms with E-state index < -0.39 is 11.8 Å². The van der Waals surface area contributed by atoms with E-state index in [9.17, 15) is 9.59 Å². The van der Waals surface area contributed by atoms with E-state index in [0.29, 0.717) is 45.2 Å². The number of anilines is 1. The van der Waals surface area contributed by atoms with E-state index in [1.165, 1.54) is 13.3 Å². The number of halogens is 2. The van der Waals surface area contributed by atoms with Crippen molar-refractivity contribution in [2.45, 2.75) is 20.0 Å². The second-order valence-electron chi connectivity index (χ2n) is 7.48. The van der Waals surface area contributed by atoms with Crippen LogP contribution in [0, 0.1) is 0 Å². The van der Waals surface area contributed by atoms with Crippen molar-refractivity contribution in [3.05, 3.63) is 81.8 Å². The summed E-state index contributed by atoms with van der Waals surface area (Å²) in [6.45, 7) is 2.87. The summed E-state index contributed by atoms with van der Waals surface area (Å²) in [5.41, 5.74) is 4.07. The number of amides is 2. The Morgan fingerprint density at radius 2 is 1.69 bits per heavy atom. The summed E-state index contributed by atoms with van der Waals surface area (Å²) in [6, 6.07) is 17.2. The minimum Gasteiger partial charge on any atom is -0.494 e. The molecule has 2 N–H and O–H groups in total. The zero-order valence-corrected chi connectivity index (χ0v) is 21.2. The van der Waals surface area contributed by atoms with Crippen molar-refractivity contribution in [3.8, 4) is 17.2 Å². The molecule has 2 amide bonds. The number of benzene rings is 3. The third kappa shape index (κ3) is 7.90. The molecule has 3 rings (SSSR count). The van der Waals surface area contributed by atoms with Crippen LogP contribution in [0.3, 0.4) is 0 Å². The van der Waals surface area contributed by atoms with Crippen LogP contribution in [-0.2, 0) is 16.2 Å². The van der Waals surface area contributed by atoms with Gasteiger partial charge in [0.1, 0.15) is 12.4 Å². The second kappa shape index (κ2) is 13.4. The molecule has 0 unspecified atom stereocenters. The molecule has 36 heavy (non-hydrogen) atoms. The Kier molecular flexibility index (Phi) is 9.97. The maximum atomic E-state index is 12.1. The zero-order chi connectivity index (χ0) is 25.9. The van der Waals surface area contributed by atoms with Gasteiger partial charge >= 0.3 is 11.8 Å². The van der Waals surface area contributed by atoms with E-state index in [1.54, 1.807) is 48.5 Å². The predicted octanol–water partition coefficient (Wildman–Crippen LogP) is 5.46. The number of hydrazone groups is 1. The fourth-order valence-corrected chi connectivity index (χ4v) is 3.35. The number of methoxy groups -OCH3 is 1. The highest BCUT2D eigenvalue weighted by molar-refractivity contribution is 6.39. The Hall–Kier alpha value is -3.75. The Balaban J connectivity index is 1.56. The highest BCUT2D eigenvalue weighted by Crippen LogP contribution is 2.36. The lowest BCUT2D eigenvalue weighted by atomic mass is 10.2. The summed E-state index contributed by atoms with van der Waals surface area (Å²) in [5.74, 6) is -0.372. The monoisotopic (exact) mass is 529 g/mol. The fourth-order valence-electron chi connectivity index (χ4n) is 2.95. The maximum Gasteiger partial charge on any atom is 0.329 e. The minimum absolute atomic E-state index is 0.264. The zero-order valence-electron chi connectivity index (χ0n) is 19.7. The third-order valence-corrected chi connectivity index (χ3v) is 5.25. The first-order chi connectivity index (χ1) is 17.4. The molecule has 3 aromatic rings. The molecule has 0 aromatic heterocycles. The molecular formula is C26H25Cl2N3O5. The number of carbonyl (C=O) groups excluding carboxylic acids is 2. The third-order valence-electron chi connectivity index (χ3n) is 4.72. The van der Waals surface area contributed by atoms with Crippen LogP contribution in [0.1, 0.15) is 24.5 Å². The SMILES string of the molecule is CCCOc1ccc(NC(=O)C(=O)N/N=C\c2cc(Cl)c(OCc3ccc(Cl)cc3)c(OC)c2)cc1. The molecule has 0 aliphatic rings. The van der Waals surface area contributed by atoms with E-state index in [-0.39, 0.29) is 6.61 Å². The smallest absolute Gasteiger partial charge is 0.329 e. The first kappa shape index (κ1) is 26.8. The highest BCUT2D eigenvalue weighted by atomic mass is 35.5. The number of hydrogen-bond acceptors (Lipinski definition) is 6. The Labute approximate surface area is 219 Å². The van der Waals surface area contributed by atoms with Gasteiger partial charge in [0.05, 0.1) is 25.0 Å². The number of nitrogens with one attached hydrogen (secondary N) is 2. The topological polar surface area (TPSA) is 98.2 Å². The molecule has 0 aliphatic heterocycles. The van der Waals surface area contributed by atoms with Gasteiger partial charge in [-0.2, -0.15) is 5.10 Å². The van der Waals surface area contributed by atoms with E-state index in [2.05, 4.69) is 15.8 Å². The summed E-state index contributed by atoms with van der Waals surface area (Å²) in [7, 11) is 1.48. The van der Waals surface area contributed by atoms with Gasteiger partial charge in [-0.3, -0.25) is 9.59 Å². The van der Waals surface area contributed by atoms with Crippen molar-refractivity contribution in [1.29, 1.82) is 0 Å². The quantitative estimate of drug-likeness (QED) is 0.206. The van der Waals surface area contributed by atoms with Crippen molar-refractivity contribution in [1.82, 2.24) is 5.43 Å². The molecule has 8 nitrogen and oxygen atoms in total. The normalized spacial score (nSPS) is 10.7. The number of nitrogens with zero attached hydrogens (tertiary/aromatic N) is 1. The van der Waals surface area contributed by atoms with Gasteiger partial charge in [0.25, 0.3) is 0 Å². The van der Waals surface area contributed by atoms with Crippen LogP contribution >= 0.6 is 23.2 Å². The van der Waals surface area contributed by atoms with Gasteiger partial charge in [-0.1, -0.05) is 42.3 Å². The first-order valence-electron chi connectivity index (χ1n) is 11.0. The first-order valence-corrected chi connectivity index (χ1v) is 11.8. The van der Waals surface area contributed by atoms with Gasteiger partial charge in [-0.15, -0.1) is 0 Å². The van der Waals surface area contributed by atoms with Gasteiger partial charge < -0.3 is 19.5 Å². The standard InChI is InChI=1S/C26H25Cl2N3O5/c1-3-12-35-21-10-8-20(9-11-21)30-25(32)26(33)31-29-15-18-13-22(28)24(23(14-18)34-2)36-16-17-4-6-19(27)7-5-17/h4-11,13-15H,3,12,16H2,1-2H3,(H,30,32)(H,31,33)/b29-15-. The minimum atomic E-state index is -0.932. The van der Waals surface area contributed by atoms with Gasteiger partial charge in [-0.25, -0.2) is 5.43 Å². The van der Waals surface area contributed by atoms with E-state index in [4.69, 9.17) is 37.4 Å². The van der Waals surface area contributed by atoms with Crippen molar-refractivity contribution in [2.75, 3.05) is 19.0 Å². The Morgan fingerprint density at radius 1 is 0.972 bits per heavy atom. The molecule has 188 valence electrons. The molecule has 0 bridgehead atoms. The predicted molar refractivity (Wildman–Crippen MR) is 140 cm³/mol. The summed E-state index contributed by atoms with van der Waals surface area (Å²) >= 11 is 12.3. The molecule has 0 spiro atoms. The average Bonchev–Trinajstić information content (AvgIpc) is 2.88. The lowest BCUT2D eigenvalue weighted by molar-refractivity contribution is -0.136. The molecule has 0 saturated heterocycles. The van der Waals surface area contributed by atoms with Gasteiger partial charge in [0, 0.05) is 10.7 Å². The molecule has 0 heterocycles. The second-order valence-corrected chi connectivity index (χ2v) is 8.32. The van der Waals surface area contributed by atoms with Crippen LogP contribution in [0.25, 0.3) is 0 Å².